The maximum absolute atomic E-state index is 11.9. The van der Waals surface area contributed by atoms with Gasteiger partial charge in [0.1, 0.15) is 5.69 Å². The van der Waals surface area contributed by atoms with Crippen molar-refractivity contribution >= 4 is 28.9 Å². The van der Waals surface area contributed by atoms with Gasteiger partial charge in [0.15, 0.2) is 0 Å². The molecule has 1 fully saturated rings. The van der Waals surface area contributed by atoms with Gasteiger partial charge in [0.2, 0.25) is 5.91 Å². The van der Waals surface area contributed by atoms with Gasteiger partial charge in [-0.1, -0.05) is 11.6 Å². The Morgan fingerprint density at radius 1 is 1.53 bits per heavy atom. The topological polar surface area (TPSA) is 98.3 Å². The number of nitrogens with two attached hydrogens (primary N) is 1. The molecule has 1 saturated carbocycles. The summed E-state index contributed by atoms with van der Waals surface area (Å²) in [6.45, 7) is 0. The zero-order valence-corrected chi connectivity index (χ0v) is 10.9. The van der Waals surface area contributed by atoms with Crippen LogP contribution in [0.15, 0.2) is 18.2 Å². The van der Waals surface area contributed by atoms with Gasteiger partial charge >= 0.3 is 0 Å². The lowest BCUT2D eigenvalue weighted by Gasteiger charge is -2.37. The van der Waals surface area contributed by atoms with Crippen LogP contribution in [0.2, 0.25) is 5.02 Å². The Balaban J connectivity index is 2.11. The van der Waals surface area contributed by atoms with E-state index in [9.17, 15) is 14.9 Å². The summed E-state index contributed by atoms with van der Waals surface area (Å²) in [5.74, 6) is -0.326. The standard InChI is InChI=1S/C12H14ClN3O3/c13-8-2-3-10(16(18)19)9(6-8)15-11(17)7-12(14)4-1-5-12/h2-3,6H,1,4-5,7,14H2,(H,15,17). The summed E-state index contributed by atoms with van der Waals surface area (Å²) in [6, 6.07) is 4.03. The Morgan fingerprint density at radius 3 is 2.74 bits per heavy atom. The molecule has 7 heteroatoms. The Morgan fingerprint density at radius 2 is 2.21 bits per heavy atom. The second-order valence-corrected chi connectivity index (χ2v) is 5.30. The molecule has 19 heavy (non-hydrogen) atoms. The average molecular weight is 284 g/mol. The lowest BCUT2D eigenvalue weighted by Crippen LogP contribution is -2.48. The number of rotatable bonds is 4. The zero-order valence-electron chi connectivity index (χ0n) is 10.2. The van der Waals surface area contributed by atoms with Crippen LogP contribution < -0.4 is 11.1 Å². The third-order valence-corrected chi connectivity index (χ3v) is 3.53. The Hall–Kier alpha value is -1.66. The highest BCUT2D eigenvalue weighted by molar-refractivity contribution is 6.31. The van der Waals surface area contributed by atoms with Crippen molar-refractivity contribution in [3.05, 3.63) is 33.3 Å². The lowest BCUT2D eigenvalue weighted by atomic mass is 9.75. The molecule has 0 aliphatic heterocycles. The van der Waals surface area contributed by atoms with Crippen LogP contribution in [-0.2, 0) is 4.79 Å². The Kier molecular flexibility index (Phi) is 3.73. The number of nitro benzene ring substituents is 1. The van der Waals surface area contributed by atoms with E-state index >= 15 is 0 Å². The normalized spacial score (nSPS) is 16.5. The average Bonchev–Trinajstić information content (AvgIpc) is 2.26. The van der Waals surface area contributed by atoms with E-state index in [1.54, 1.807) is 0 Å². The van der Waals surface area contributed by atoms with E-state index in [1.807, 2.05) is 0 Å². The van der Waals surface area contributed by atoms with Crippen molar-refractivity contribution in [2.24, 2.45) is 5.73 Å². The number of anilines is 1. The highest BCUT2D eigenvalue weighted by atomic mass is 35.5. The predicted octanol–water partition coefficient (Wildman–Crippen LogP) is 2.46. The molecule has 0 radical (unpaired) electrons. The molecule has 2 rings (SSSR count). The molecule has 1 aromatic rings. The predicted molar refractivity (Wildman–Crippen MR) is 72.1 cm³/mol. The highest BCUT2D eigenvalue weighted by Crippen LogP contribution is 2.33. The molecule has 1 amide bonds. The van der Waals surface area contributed by atoms with Crippen molar-refractivity contribution < 1.29 is 9.72 Å². The molecule has 0 aromatic heterocycles. The van der Waals surface area contributed by atoms with E-state index in [1.165, 1.54) is 18.2 Å². The first-order valence-corrected chi connectivity index (χ1v) is 6.30. The second-order valence-electron chi connectivity index (χ2n) is 4.86. The van der Waals surface area contributed by atoms with Gasteiger partial charge in [-0.05, 0) is 31.4 Å². The second kappa shape index (κ2) is 5.14. The van der Waals surface area contributed by atoms with Gasteiger partial charge in [-0.25, -0.2) is 0 Å². The number of amides is 1. The number of carbonyl (C=O) groups excluding carboxylic acids is 1. The molecular weight excluding hydrogens is 270 g/mol. The third-order valence-electron chi connectivity index (χ3n) is 3.29. The Labute approximate surface area is 115 Å². The summed E-state index contributed by atoms with van der Waals surface area (Å²) in [4.78, 5) is 22.1. The van der Waals surface area contributed by atoms with E-state index in [0.717, 1.165) is 19.3 Å². The number of nitro groups is 1. The molecule has 1 aliphatic rings. The number of nitrogens with one attached hydrogen (secondary N) is 1. The fourth-order valence-corrected chi connectivity index (χ4v) is 2.26. The minimum Gasteiger partial charge on any atom is -0.325 e. The van der Waals surface area contributed by atoms with E-state index in [0.29, 0.717) is 5.02 Å². The van der Waals surface area contributed by atoms with Crippen LogP contribution >= 0.6 is 11.6 Å². The van der Waals surface area contributed by atoms with Crippen molar-refractivity contribution in [1.82, 2.24) is 0 Å². The quantitative estimate of drug-likeness (QED) is 0.655. The third kappa shape index (κ3) is 3.21. The van der Waals surface area contributed by atoms with E-state index in [-0.39, 0.29) is 23.7 Å². The van der Waals surface area contributed by atoms with Crippen molar-refractivity contribution in [2.45, 2.75) is 31.2 Å². The summed E-state index contributed by atoms with van der Waals surface area (Å²) in [5, 5.41) is 13.7. The molecular formula is C12H14ClN3O3. The maximum atomic E-state index is 11.9. The van der Waals surface area contributed by atoms with Crippen molar-refractivity contribution in [3.63, 3.8) is 0 Å². The minimum atomic E-state index is -0.562. The first kappa shape index (κ1) is 13.8. The van der Waals surface area contributed by atoms with Crippen molar-refractivity contribution in [1.29, 1.82) is 0 Å². The number of hydrogen-bond donors (Lipinski definition) is 2. The molecule has 0 spiro atoms. The number of carbonyl (C=O) groups is 1. The van der Waals surface area contributed by atoms with Gasteiger partial charge in [-0.15, -0.1) is 0 Å². The summed E-state index contributed by atoms with van der Waals surface area (Å²) in [7, 11) is 0. The first-order chi connectivity index (χ1) is 8.89. The zero-order chi connectivity index (χ0) is 14.0. The van der Waals surface area contributed by atoms with Crippen LogP contribution in [0.1, 0.15) is 25.7 Å². The molecule has 0 atom stereocenters. The fourth-order valence-electron chi connectivity index (χ4n) is 2.09. The molecule has 102 valence electrons. The largest absolute Gasteiger partial charge is 0.325 e. The van der Waals surface area contributed by atoms with Gasteiger partial charge in [0.25, 0.3) is 5.69 Å². The van der Waals surface area contributed by atoms with Crippen LogP contribution in [0.4, 0.5) is 11.4 Å². The van der Waals surface area contributed by atoms with E-state index < -0.39 is 10.5 Å². The van der Waals surface area contributed by atoms with Gasteiger partial charge in [-0.3, -0.25) is 14.9 Å². The Bertz CT molecular complexity index is 529. The first-order valence-electron chi connectivity index (χ1n) is 5.92. The van der Waals surface area contributed by atoms with Crippen LogP contribution in [0, 0.1) is 10.1 Å². The van der Waals surface area contributed by atoms with Gasteiger partial charge in [-0.2, -0.15) is 0 Å². The van der Waals surface area contributed by atoms with Crippen LogP contribution in [-0.4, -0.2) is 16.4 Å². The lowest BCUT2D eigenvalue weighted by molar-refractivity contribution is -0.383. The van der Waals surface area contributed by atoms with Gasteiger partial charge in [0.05, 0.1) is 4.92 Å². The minimum absolute atomic E-state index is 0.102. The molecule has 1 aromatic carbocycles. The molecule has 0 unspecified atom stereocenters. The summed E-state index contributed by atoms with van der Waals surface area (Å²) >= 11 is 5.78. The number of benzene rings is 1. The van der Waals surface area contributed by atoms with E-state index in [4.69, 9.17) is 17.3 Å². The maximum Gasteiger partial charge on any atom is 0.292 e. The van der Waals surface area contributed by atoms with Crippen molar-refractivity contribution in [2.75, 3.05) is 5.32 Å². The smallest absolute Gasteiger partial charge is 0.292 e. The summed E-state index contributed by atoms with van der Waals surface area (Å²) < 4.78 is 0. The van der Waals surface area contributed by atoms with Gasteiger partial charge < -0.3 is 11.1 Å². The molecule has 0 saturated heterocycles. The van der Waals surface area contributed by atoms with Crippen LogP contribution in [0.25, 0.3) is 0 Å². The van der Waals surface area contributed by atoms with Gasteiger partial charge in [0, 0.05) is 23.0 Å². The summed E-state index contributed by atoms with van der Waals surface area (Å²) in [5.41, 5.74) is 5.42. The highest BCUT2D eigenvalue weighted by Gasteiger charge is 2.35. The fraction of sp³-hybridized carbons (Fsp3) is 0.417. The number of halogens is 1. The molecule has 0 heterocycles. The van der Waals surface area contributed by atoms with Crippen LogP contribution in [0.3, 0.4) is 0 Å². The molecule has 3 N–H and O–H groups in total. The monoisotopic (exact) mass is 283 g/mol. The van der Waals surface area contributed by atoms with Crippen LogP contribution in [0.5, 0.6) is 0 Å². The molecule has 1 aliphatic carbocycles. The number of nitrogens with zero attached hydrogens (tertiary/aromatic N) is 1. The molecule has 0 bridgehead atoms. The number of hydrogen-bond acceptors (Lipinski definition) is 4. The summed E-state index contributed by atoms with van der Waals surface area (Å²) in [6.07, 6.45) is 2.79. The van der Waals surface area contributed by atoms with Crippen molar-refractivity contribution in [3.8, 4) is 0 Å². The molecule has 6 nitrogen and oxygen atoms in total. The SMILES string of the molecule is NC1(CC(=O)Nc2cc(Cl)ccc2[N+](=O)[O-])CCC1. The van der Waals surface area contributed by atoms with E-state index in [2.05, 4.69) is 5.32 Å².